The molecule has 2 amide bonds. The van der Waals surface area contributed by atoms with E-state index < -0.39 is 15.6 Å². The standard InChI is InChI=1S/C29H32ClN7O4S/c1-21-26(12-17-32-20-38)37(34-27(21)33-24-8-10-25(11-9-24)42(40,41)35(2)3)29(13-16-31)14-18-36(19-15-29)28(39)22-4-6-23(30)7-5-22/h4-12,17,20H,13-15,18-19H2,1-3H3,(H,32,38)(H,33,34)/b17-12-. The number of anilines is 2. The molecule has 0 aliphatic carbocycles. The molecule has 1 aromatic heterocycles. The quantitative estimate of drug-likeness (QED) is 0.330. The fourth-order valence-corrected chi connectivity index (χ4v) is 5.95. The summed E-state index contributed by atoms with van der Waals surface area (Å²) in [4.78, 5) is 26.0. The van der Waals surface area contributed by atoms with Crippen LogP contribution in [0.15, 0.2) is 59.6 Å². The van der Waals surface area contributed by atoms with Crippen molar-refractivity contribution in [1.29, 1.82) is 5.26 Å². The van der Waals surface area contributed by atoms with Crippen LogP contribution >= 0.6 is 11.6 Å². The van der Waals surface area contributed by atoms with Gasteiger partial charge < -0.3 is 15.5 Å². The maximum absolute atomic E-state index is 13.1. The zero-order chi connectivity index (χ0) is 30.5. The normalized spacial score (nSPS) is 15.0. The van der Waals surface area contributed by atoms with Crippen molar-refractivity contribution in [1.82, 2.24) is 24.3 Å². The highest BCUT2D eigenvalue weighted by atomic mass is 35.5. The van der Waals surface area contributed by atoms with E-state index in [1.54, 1.807) is 47.4 Å². The number of halogens is 1. The van der Waals surface area contributed by atoms with E-state index in [4.69, 9.17) is 16.7 Å². The minimum Gasteiger partial charge on any atom is -0.339 e. The summed E-state index contributed by atoms with van der Waals surface area (Å²) < 4.78 is 27.9. The number of hydrogen-bond donors (Lipinski definition) is 2. The maximum Gasteiger partial charge on any atom is 0.253 e. The maximum atomic E-state index is 13.1. The summed E-state index contributed by atoms with van der Waals surface area (Å²) in [6.45, 7) is 2.71. The molecule has 1 aliphatic rings. The lowest BCUT2D eigenvalue weighted by molar-refractivity contribution is -0.108. The first-order valence-corrected chi connectivity index (χ1v) is 15.0. The van der Waals surface area contributed by atoms with Crippen molar-refractivity contribution in [2.24, 2.45) is 0 Å². The van der Waals surface area contributed by atoms with Crippen LogP contribution in [0, 0.1) is 18.3 Å². The highest BCUT2D eigenvalue weighted by Crippen LogP contribution is 2.38. The number of likely N-dealkylation sites (tertiary alicyclic amines) is 1. The van der Waals surface area contributed by atoms with E-state index in [1.807, 2.05) is 11.6 Å². The Morgan fingerprint density at radius 2 is 1.79 bits per heavy atom. The molecule has 1 saturated heterocycles. The van der Waals surface area contributed by atoms with Crippen LogP contribution in [0.1, 0.15) is 40.9 Å². The summed E-state index contributed by atoms with van der Waals surface area (Å²) in [6.07, 6.45) is 4.91. The number of sulfonamides is 1. The van der Waals surface area contributed by atoms with Crippen LogP contribution in [0.5, 0.6) is 0 Å². The second-order valence-electron chi connectivity index (χ2n) is 10.2. The van der Waals surface area contributed by atoms with Gasteiger partial charge in [-0.1, -0.05) is 11.6 Å². The predicted octanol–water partition coefficient (Wildman–Crippen LogP) is 4.10. The van der Waals surface area contributed by atoms with Gasteiger partial charge in [0.15, 0.2) is 5.82 Å². The number of nitrogens with zero attached hydrogens (tertiary/aromatic N) is 5. The van der Waals surface area contributed by atoms with Crippen LogP contribution in [0.25, 0.3) is 6.08 Å². The van der Waals surface area contributed by atoms with Crippen molar-refractivity contribution in [3.8, 4) is 6.07 Å². The Morgan fingerprint density at radius 3 is 2.36 bits per heavy atom. The van der Waals surface area contributed by atoms with E-state index in [0.29, 0.717) is 60.1 Å². The zero-order valence-corrected chi connectivity index (χ0v) is 25.1. The van der Waals surface area contributed by atoms with Gasteiger partial charge >= 0.3 is 0 Å². The highest BCUT2D eigenvalue weighted by molar-refractivity contribution is 7.89. The van der Waals surface area contributed by atoms with Gasteiger partial charge in [0.05, 0.1) is 28.6 Å². The fourth-order valence-electron chi connectivity index (χ4n) is 4.92. The van der Waals surface area contributed by atoms with Crippen molar-refractivity contribution in [3.05, 3.63) is 76.6 Å². The third-order valence-electron chi connectivity index (χ3n) is 7.40. The summed E-state index contributed by atoms with van der Waals surface area (Å²) in [7, 11) is -0.626. The summed E-state index contributed by atoms with van der Waals surface area (Å²) in [5.74, 6) is 0.409. The largest absolute Gasteiger partial charge is 0.339 e. The predicted molar refractivity (Wildman–Crippen MR) is 161 cm³/mol. The monoisotopic (exact) mass is 609 g/mol. The van der Waals surface area contributed by atoms with E-state index in [1.165, 1.54) is 32.4 Å². The lowest BCUT2D eigenvalue weighted by Gasteiger charge is -2.41. The Hall–Kier alpha value is -4.18. The fraction of sp³-hybridized carbons (Fsp3) is 0.310. The molecule has 2 aromatic carbocycles. The number of carbonyl (C=O) groups is 2. The smallest absolute Gasteiger partial charge is 0.253 e. The Labute approximate surface area is 250 Å². The lowest BCUT2D eigenvalue weighted by Crippen LogP contribution is -2.48. The van der Waals surface area contributed by atoms with Crippen LogP contribution in [-0.4, -0.2) is 66.9 Å². The Bertz CT molecular complexity index is 1620. The van der Waals surface area contributed by atoms with Crippen LogP contribution in [-0.2, 0) is 20.4 Å². The first-order valence-electron chi connectivity index (χ1n) is 13.2. The molecule has 0 unspecified atom stereocenters. The van der Waals surface area contributed by atoms with Gasteiger partial charge in [0.2, 0.25) is 16.4 Å². The second kappa shape index (κ2) is 12.8. The van der Waals surface area contributed by atoms with Crippen molar-refractivity contribution in [2.45, 2.75) is 36.6 Å². The molecule has 4 rings (SSSR count). The molecule has 1 fully saturated rings. The third kappa shape index (κ3) is 6.33. The van der Waals surface area contributed by atoms with E-state index in [-0.39, 0.29) is 17.2 Å². The minimum atomic E-state index is -3.57. The van der Waals surface area contributed by atoms with Crippen LogP contribution < -0.4 is 10.6 Å². The molecule has 13 heteroatoms. The number of piperidine rings is 1. The lowest BCUT2D eigenvalue weighted by atomic mass is 9.84. The number of carbonyl (C=O) groups excluding carboxylic acids is 2. The molecule has 3 aromatic rings. The van der Waals surface area contributed by atoms with E-state index in [0.717, 1.165) is 9.87 Å². The summed E-state index contributed by atoms with van der Waals surface area (Å²) in [5, 5.41) is 21.1. The number of rotatable bonds is 10. The van der Waals surface area contributed by atoms with E-state index in [9.17, 15) is 23.3 Å². The second-order valence-corrected chi connectivity index (χ2v) is 12.8. The summed E-state index contributed by atoms with van der Waals surface area (Å²) in [6, 6.07) is 15.4. The van der Waals surface area contributed by atoms with Crippen molar-refractivity contribution in [3.63, 3.8) is 0 Å². The Kier molecular flexibility index (Phi) is 9.36. The minimum absolute atomic E-state index is 0.105. The number of nitriles is 1. The van der Waals surface area contributed by atoms with E-state index in [2.05, 4.69) is 16.7 Å². The highest BCUT2D eigenvalue weighted by Gasteiger charge is 2.40. The van der Waals surface area contributed by atoms with Crippen molar-refractivity contribution >= 4 is 51.5 Å². The molecule has 0 saturated carbocycles. The van der Waals surface area contributed by atoms with Gasteiger partial charge in [-0.15, -0.1) is 0 Å². The Balaban J connectivity index is 1.65. The number of benzene rings is 2. The molecule has 0 atom stereocenters. The van der Waals surface area contributed by atoms with Gasteiger partial charge in [0.25, 0.3) is 5.91 Å². The van der Waals surface area contributed by atoms with Crippen molar-refractivity contribution < 1.29 is 18.0 Å². The van der Waals surface area contributed by atoms with Gasteiger partial charge in [-0.2, -0.15) is 10.4 Å². The first-order chi connectivity index (χ1) is 20.0. The number of hydrogen-bond acceptors (Lipinski definition) is 7. The van der Waals surface area contributed by atoms with Gasteiger partial charge in [0, 0.05) is 55.2 Å². The molecular formula is C29H32ClN7O4S. The van der Waals surface area contributed by atoms with Crippen LogP contribution in [0.2, 0.25) is 5.02 Å². The molecule has 1 aliphatic heterocycles. The number of amides is 2. The topological polar surface area (TPSA) is 140 Å². The SMILES string of the molecule is Cc1c(Nc2ccc(S(=O)(=O)N(C)C)cc2)nn(C2(CC#N)CCN(C(=O)c3ccc(Cl)cc3)CC2)c1/C=C\NC=O. The number of aromatic nitrogens is 2. The van der Waals surface area contributed by atoms with Crippen LogP contribution in [0.3, 0.4) is 0 Å². The molecule has 42 heavy (non-hydrogen) atoms. The number of nitrogens with one attached hydrogen (secondary N) is 2. The molecular weight excluding hydrogens is 578 g/mol. The first kappa shape index (κ1) is 30.8. The zero-order valence-electron chi connectivity index (χ0n) is 23.5. The van der Waals surface area contributed by atoms with Gasteiger partial charge in [-0.3, -0.25) is 14.3 Å². The van der Waals surface area contributed by atoms with Crippen molar-refractivity contribution in [2.75, 3.05) is 32.5 Å². The molecule has 2 heterocycles. The third-order valence-corrected chi connectivity index (χ3v) is 9.48. The van der Waals surface area contributed by atoms with E-state index >= 15 is 0 Å². The average molecular weight is 610 g/mol. The van der Waals surface area contributed by atoms with Gasteiger partial charge in [0.1, 0.15) is 0 Å². The van der Waals surface area contributed by atoms with Gasteiger partial charge in [-0.25, -0.2) is 12.7 Å². The molecule has 0 spiro atoms. The average Bonchev–Trinajstić information content (AvgIpc) is 3.29. The van der Waals surface area contributed by atoms with Gasteiger partial charge in [-0.05, 0) is 74.4 Å². The molecule has 11 nitrogen and oxygen atoms in total. The Morgan fingerprint density at radius 1 is 1.14 bits per heavy atom. The molecule has 220 valence electrons. The molecule has 0 radical (unpaired) electrons. The summed E-state index contributed by atoms with van der Waals surface area (Å²) in [5.41, 5.74) is 1.91. The molecule has 0 bridgehead atoms. The summed E-state index contributed by atoms with van der Waals surface area (Å²) >= 11 is 5.98. The molecule has 2 N–H and O–H groups in total. The van der Waals surface area contributed by atoms with Crippen LogP contribution in [0.4, 0.5) is 11.5 Å².